The smallest absolute Gasteiger partial charge is 0.258 e. The fourth-order valence-electron chi connectivity index (χ4n) is 3.88. The molecule has 2 heterocycles. The second-order valence-corrected chi connectivity index (χ2v) is 8.52. The van der Waals surface area contributed by atoms with Gasteiger partial charge in [-0.2, -0.15) is 0 Å². The monoisotopic (exact) mass is 482 g/mol. The van der Waals surface area contributed by atoms with Gasteiger partial charge in [0.05, 0.1) is 6.61 Å². The Hall–Kier alpha value is -2.76. The number of likely N-dealkylation sites (tertiary alicyclic amines) is 1. The molecule has 3 aromatic rings. The first-order valence-electron chi connectivity index (χ1n) is 12.2. The van der Waals surface area contributed by atoms with E-state index in [1.165, 1.54) is 38.4 Å². The number of halogens is 1. The molecule has 0 bridgehead atoms. The Morgan fingerprint density at radius 1 is 0.853 bits per heavy atom. The van der Waals surface area contributed by atoms with E-state index in [0.717, 1.165) is 30.0 Å². The van der Waals surface area contributed by atoms with Crippen LogP contribution in [0.2, 0.25) is 5.02 Å². The van der Waals surface area contributed by atoms with Crippen molar-refractivity contribution in [3.63, 3.8) is 0 Å². The van der Waals surface area contributed by atoms with Gasteiger partial charge >= 0.3 is 0 Å². The Labute approximate surface area is 207 Å². The Balaban J connectivity index is 0.00000158. The van der Waals surface area contributed by atoms with Gasteiger partial charge in [0.15, 0.2) is 0 Å². The fraction of sp³-hybridized carbons (Fsp3) is 0.393. The summed E-state index contributed by atoms with van der Waals surface area (Å²) in [6.07, 6.45) is 6.75. The van der Waals surface area contributed by atoms with Crippen LogP contribution in [0.25, 0.3) is 5.69 Å². The molecule has 0 atom stereocenters. The first-order chi connectivity index (χ1) is 16.7. The van der Waals surface area contributed by atoms with Gasteiger partial charge in [-0.3, -0.25) is 9.36 Å². The number of aromatic nitrogens is 1. The summed E-state index contributed by atoms with van der Waals surface area (Å²) < 4.78 is 13.2. The zero-order valence-corrected chi connectivity index (χ0v) is 21.0. The first-order valence-corrected chi connectivity index (χ1v) is 12.6. The fourth-order valence-corrected chi connectivity index (χ4v) is 4.00. The number of benzene rings is 2. The summed E-state index contributed by atoms with van der Waals surface area (Å²) in [6.45, 7) is 8.61. The highest BCUT2D eigenvalue weighted by atomic mass is 35.5. The molecule has 1 aliphatic heterocycles. The van der Waals surface area contributed by atoms with Crippen LogP contribution in [-0.2, 0) is 6.61 Å². The van der Waals surface area contributed by atoms with Crippen molar-refractivity contribution >= 4 is 11.6 Å². The summed E-state index contributed by atoms with van der Waals surface area (Å²) in [4.78, 5) is 15.1. The Morgan fingerprint density at radius 2 is 1.56 bits per heavy atom. The minimum atomic E-state index is -0.145. The lowest BCUT2D eigenvalue weighted by Crippen LogP contribution is -2.31. The Kier molecular flexibility index (Phi) is 10.5. The maximum absolute atomic E-state index is 12.6. The molecule has 4 rings (SSSR count). The van der Waals surface area contributed by atoms with Gasteiger partial charge in [-0.15, -0.1) is 0 Å². The normalized spacial score (nSPS) is 13.6. The topological polar surface area (TPSA) is 43.7 Å². The van der Waals surface area contributed by atoms with Crippen LogP contribution >= 0.6 is 11.6 Å². The second-order valence-electron chi connectivity index (χ2n) is 8.08. The van der Waals surface area contributed by atoms with Gasteiger partial charge in [-0.05, 0) is 80.4 Å². The molecule has 5 nitrogen and oxygen atoms in total. The maximum Gasteiger partial charge on any atom is 0.258 e. The molecular weight excluding hydrogens is 448 g/mol. The lowest BCUT2D eigenvalue weighted by Gasteiger charge is -2.26. The lowest BCUT2D eigenvalue weighted by molar-refractivity contribution is 0.205. The van der Waals surface area contributed by atoms with Crippen LogP contribution in [0.15, 0.2) is 71.7 Å². The van der Waals surface area contributed by atoms with Crippen molar-refractivity contribution in [2.75, 3.05) is 26.2 Å². The highest BCUT2D eigenvalue weighted by molar-refractivity contribution is 6.30. The van der Waals surface area contributed by atoms with Crippen molar-refractivity contribution in [3.05, 3.63) is 87.8 Å². The maximum atomic E-state index is 12.6. The molecular formula is C28H35ClN2O3. The molecule has 0 saturated carbocycles. The van der Waals surface area contributed by atoms with E-state index in [1.807, 2.05) is 62.4 Å². The molecule has 0 N–H and O–H groups in total. The van der Waals surface area contributed by atoms with E-state index in [9.17, 15) is 4.79 Å². The van der Waals surface area contributed by atoms with Crippen molar-refractivity contribution in [1.82, 2.24) is 9.47 Å². The number of piperidine rings is 1. The van der Waals surface area contributed by atoms with Crippen LogP contribution in [0, 0.1) is 0 Å². The summed E-state index contributed by atoms with van der Waals surface area (Å²) in [5.41, 5.74) is 1.64. The minimum absolute atomic E-state index is 0.145. The molecule has 2 aromatic carbocycles. The average molecular weight is 483 g/mol. The van der Waals surface area contributed by atoms with Gasteiger partial charge in [0.1, 0.15) is 18.1 Å². The van der Waals surface area contributed by atoms with Gasteiger partial charge < -0.3 is 14.4 Å². The molecule has 1 aliphatic rings. The van der Waals surface area contributed by atoms with Crippen LogP contribution in [-0.4, -0.2) is 35.7 Å². The predicted molar refractivity (Wildman–Crippen MR) is 140 cm³/mol. The quantitative estimate of drug-likeness (QED) is 0.333. The van der Waals surface area contributed by atoms with Crippen LogP contribution in [0.1, 0.15) is 45.1 Å². The van der Waals surface area contributed by atoms with Crippen LogP contribution < -0.4 is 15.0 Å². The van der Waals surface area contributed by atoms with Crippen molar-refractivity contribution in [2.24, 2.45) is 0 Å². The largest absolute Gasteiger partial charge is 0.494 e. The third-order valence-electron chi connectivity index (χ3n) is 5.66. The molecule has 0 unspecified atom stereocenters. The lowest BCUT2D eigenvalue weighted by atomic mass is 10.1. The van der Waals surface area contributed by atoms with Crippen LogP contribution in [0.5, 0.6) is 11.5 Å². The van der Waals surface area contributed by atoms with E-state index in [2.05, 4.69) is 4.90 Å². The molecule has 6 heteroatoms. The zero-order valence-electron chi connectivity index (χ0n) is 20.2. The molecule has 0 aliphatic carbocycles. The van der Waals surface area contributed by atoms with Gasteiger partial charge in [0, 0.05) is 29.5 Å². The van der Waals surface area contributed by atoms with Crippen molar-refractivity contribution in [1.29, 1.82) is 0 Å². The van der Waals surface area contributed by atoms with Gasteiger partial charge in [-0.1, -0.05) is 44.0 Å². The Morgan fingerprint density at radius 3 is 2.24 bits per heavy atom. The number of ether oxygens (including phenoxy) is 2. The van der Waals surface area contributed by atoms with E-state index in [0.29, 0.717) is 24.0 Å². The average Bonchev–Trinajstić information content (AvgIpc) is 2.89. The SMILES string of the molecule is CC.O=c1cc(OCc2ccc(Cl)cc2)ccn1-c1ccc(OCCCN2CCCCC2)cc1. The van der Waals surface area contributed by atoms with Gasteiger partial charge in [0.2, 0.25) is 0 Å². The highest BCUT2D eigenvalue weighted by Crippen LogP contribution is 2.17. The molecule has 1 saturated heterocycles. The number of rotatable bonds is 9. The minimum Gasteiger partial charge on any atom is -0.494 e. The third-order valence-corrected chi connectivity index (χ3v) is 5.91. The molecule has 0 spiro atoms. The van der Waals surface area contributed by atoms with Gasteiger partial charge in [0.25, 0.3) is 5.56 Å². The van der Waals surface area contributed by atoms with Crippen LogP contribution in [0.3, 0.4) is 0 Å². The molecule has 1 fully saturated rings. The summed E-state index contributed by atoms with van der Waals surface area (Å²) in [5, 5.41) is 0.685. The summed E-state index contributed by atoms with van der Waals surface area (Å²) in [5.74, 6) is 1.36. The van der Waals surface area contributed by atoms with E-state index in [4.69, 9.17) is 21.1 Å². The second kappa shape index (κ2) is 13.8. The highest BCUT2D eigenvalue weighted by Gasteiger charge is 2.09. The van der Waals surface area contributed by atoms with Crippen molar-refractivity contribution in [3.8, 4) is 17.2 Å². The van der Waals surface area contributed by atoms with E-state index < -0.39 is 0 Å². The van der Waals surface area contributed by atoms with E-state index in [-0.39, 0.29) is 5.56 Å². The predicted octanol–water partition coefficient (Wildman–Crippen LogP) is 6.35. The first kappa shape index (κ1) is 25.9. The molecule has 1 aromatic heterocycles. The summed E-state index contributed by atoms with van der Waals surface area (Å²) in [7, 11) is 0. The third kappa shape index (κ3) is 7.93. The standard InChI is InChI=1S/C26H29ClN2O3.C2H6/c27-22-7-5-21(6-8-22)20-32-25-13-17-29(26(30)19-25)23-9-11-24(12-10-23)31-18-4-16-28-14-2-1-3-15-28;1-2/h5-13,17,19H,1-4,14-16,18,20H2;1-2H3. The Bertz CT molecular complexity index is 1040. The van der Waals surface area contributed by atoms with Crippen molar-refractivity contribution < 1.29 is 9.47 Å². The number of nitrogens with zero attached hydrogens (tertiary/aromatic N) is 2. The number of pyridine rings is 1. The van der Waals surface area contributed by atoms with E-state index >= 15 is 0 Å². The number of hydrogen-bond donors (Lipinski definition) is 0. The van der Waals surface area contributed by atoms with E-state index in [1.54, 1.807) is 16.8 Å². The molecule has 0 amide bonds. The van der Waals surface area contributed by atoms with Gasteiger partial charge in [-0.25, -0.2) is 0 Å². The molecule has 0 radical (unpaired) electrons. The molecule has 182 valence electrons. The summed E-state index contributed by atoms with van der Waals surface area (Å²) in [6, 6.07) is 18.4. The van der Waals surface area contributed by atoms with Crippen molar-refractivity contribution in [2.45, 2.75) is 46.1 Å². The summed E-state index contributed by atoms with van der Waals surface area (Å²) >= 11 is 5.90. The van der Waals surface area contributed by atoms with Crippen LogP contribution in [0.4, 0.5) is 0 Å². The molecule has 34 heavy (non-hydrogen) atoms. The number of hydrogen-bond acceptors (Lipinski definition) is 4. The zero-order chi connectivity index (χ0) is 24.2.